The highest BCUT2D eigenvalue weighted by Gasteiger charge is 2.23. The monoisotopic (exact) mass is 406 g/mol. The zero-order valence-corrected chi connectivity index (χ0v) is 16.0. The van der Waals surface area contributed by atoms with Crippen molar-refractivity contribution in [2.45, 2.75) is 32.4 Å². The van der Waals surface area contributed by atoms with Crippen LogP contribution in [0.4, 0.5) is 11.4 Å². The van der Waals surface area contributed by atoms with Crippen molar-refractivity contribution in [2.75, 3.05) is 6.61 Å². The first-order valence-corrected chi connectivity index (χ1v) is 9.02. The lowest BCUT2D eigenvalue weighted by Gasteiger charge is -2.16. The zero-order valence-electron chi connectivity index (χ0n) is 14.4. The molecule has 1 saturated heterocycles. The van der Waals surface area contributed by atoms with E-state index in [-0.39, 0.29) is 35.3 Å². The number of rotatable bonds is 4. The van der Waals surface area contributed by atoms with E-state index in [9.17, 15) is 15.2 Å². The maximum Gasteiger partial charge on any atom is 0.281 e. The average molecular weight is 407 g/mol. The predicted octanol–water partition coefficient (Wildman–Crippen LogP) is 4.64. The number of aromatic nitrogens is 1. The molecular formula is C18H16Cl2N4O3. The maximum absolute atomic E-state index is 12.8. The van der Waals surface area contributed by atoms with E-state index in [2.05, 4.69) is 10.2 Å². The van der Waals surface area contributed by atoms with E-state index in [4.69, 9.17) is 27.9 Å². The van der Waals surface area contributed by atoms with Gasteiger partial charge in [-0.05, 0) is 38.0 Å². The second-order valence-electron chi connectivity index (χ2n) is 6.13. The third kappa shape index (κ3) is 3.98. The Kier molecular flexibility index (Phi) is 5.80. The van der Waals surface area contributed by atoms with Crippen LogP contribution in [0.3, 0.4) is 0 Å². The van der Waals surface area contributed by atoms with Crippen molar-refractivity contribution in [3.05, 3.63) is 49.7 Å². The molecule has 1 aliphatic heterocycles. The molecule has 9 heteroatoms. The number of ether oxygens (including phenoxy) is 1. The van der Waals surface area contributed by atoms with Crippen molar-refractivity contribution in [3.8, 4) is 11.9 Å². The largest absolute Gasteiger partial charge is 0.493 e. The molecule has 1 aromatic carbocycles. The smallest absolute Gasteiger partial charge is 0.281 e. The summed E-state index contributed by atoms with van der Waals surface area (Å²) in [5, 5.41) is 28.5. The topological polar surface area (TPSA) is 100.0 Å². The van der Waals surface area contributed by atoms with E-state index in [0.29, 0.717) is 22.3 Å². The molecule has 0 radical (unpaired) electrons. The van der Waals surface area contributed by atoms with E-state index < -0.39 is 5.56 Å². The minimum Gasteiger partial charge on any atom is -0.493 e. The van der Waals surface area contributed by atoms with Crippen molar-refractivity contribution in [1.82, 2.24) is 4.57 Å². The number of halogens is 2. The van der Waals surface area contributed by atoms with Gasteiger partial charge in [-0.3, -0.25) is 9.36 Å². The predicted molar refractivity (Wildman–Crippen MR) is 101 cm³/mol. The molecule has 2 aromatic rings. The van der Waals surface area contributed by atoms with Gasteiger partial charge in [-0.1, -0.05) is 23.2 Å². The lowest BCUT2D eigenvalue weighted by Crippen LogP contribution is -2.27. The molecule has 0 spiro atoms. The Labute approximate surface area is 165 Å². The molecule has 0 amide bonds. The summed E-state index contributed by atoms with van der Waals surface area (Å²) in [6, 6.07) is 6.60. The maximum atomic E-state index is 12.8. The highest BCUT2D eigenvalue weighted by atomic mass is 35.5. The number of hydrogen-bond donors (Lipinski definition) is 1. The second-order valence-corrected chi connectivity index (χ2v) is 6.95. The first kappa shape index (κ1) is 19.4. The van der Waals surface area contributed by atoms with E-state index in [0.717, 1.165) is 17.4 Å². The van der Waals surface area contributed by atoms with Crippen molar-refractivity contribution in [3.63, 3.8) is 0 Å². The molecular weight excluding hydrogens is 391 g/mol. The lowest BCUT2D eigenvalue weighted by atomic mass is 10.1. The Balaban J connectivity index is 2.05. The van der Waals surface area contributed by atoms with Crippen LogP contribution in [0, 0.1) is 18.3 Å². The Morgan fingerprint density at radius 3 is 2.78 bits per heavy atom. The molecule has 1 aliphatic rings. The summed E-state index contributed by atoms with van der Waals surface area (Å²) in [7, 11) is 0. The summed E-state index contributed by atoms with van der Waals surface area (Å²) in [6.07, 6.45) is 1.48. The number of nitrogens with zero attached hydrogens (tertiary/aromatic N) is 4. The van der Waals surface area contributed by atoms with Crippen LogP contribution in [0.1, 0.15) is 24.0 Å². The summed E-state index contributed by atoms with van der Waals surface area (Å²) >= 11 is 11.8. The van der Waals surface area contributed by atoms with Crippen LogP contribution in [0.15, 0.2) is 33.2 Å². The molecule has 1 fully saturated rings. The third-order valence-electron chi connectivity index (χ3n) is 4.35. The Hall–Kier alpha value is -2.40. The average Bonchev–Trinajstić information content (AvgIpc) is 3.15. The number of pyridine rings is 1. The molecule has 1 aromatic heterocycles. The Bertz CT molecular complexity index is 1010. The van der Waals surface area contributed by atoms with Crippen LogP contribution in [-0.4, -0.2) is 22.4 Å². The summed E-state index contributed by atoms with van der Waals surface area (Å²) in [5.74, 6) is -0.385. The molecule has 2 heterocycles. The van der Waals surface area contributed by atoms with Crippen molar-refractivity contribution >= 4 is 34.6 Å². The Morgan fingerprint density at radius 2 is 2.15 bits per heavy atom. The van der Waals surface area contributed by atoms with E-state index in [1.807, 2.05) is 6.07 Å². The standard InChI is InChI=1S/C18H16Cl2N4O3/c1-10-13(8-21)17(25)24(9-12-3-2-6-27-12)18(26)16(10)23-22-11-4-5-14(19)15(20)7-11/h4-5,7,12,25H,2-3,6,9H2,1H3. The van der Waals surface area contributed by atoms with Crippen LogP contribution in [-0.2, 0) is 11.3 Å². The van der Waals surface area contributed by atoms with Gasteiger partial charge in [0.05, 0.1) is 28.4 Å². The second kappa shape index (κ2) is 8.09. The molecule has 1 atom stereocenters. The number of nitriles is 1. The lowest BCUT2D eigenvalue weighted by molar-refractivity contribution is 0.0939. The van der Waals surface area contributed by atoms with Crippen molar-refractivity contribution < 1.29 is 9.84 Å². The molecule has 3 rings (SSSR count). The zero-order chi connectivity index (χ0) is 19.6. The van der Waals surface area contributed by atoms with Crippen LogP contribution < -0.4 is 5.56 Å². The fraction of sp³-hybridized carbons (Fsp3) is 0.333. The van der Waals surface area contributed by atoms with E-state index in [1.165, 1.54) is 6.07 Å². The summed E-state index contributed by atoms with van der Waals surface area (Å²) in [5.41, 5.74) is 0.0836. The van der Waals surface area contributed by atoms with E-state index >= 15 is 0 Å². The van der Waals surface area contributed by atoms with Crippen LogP contribution in [0.5, 0.6) is 5.88 Å². The van der Waals surface area contributed by atoms with Gasteiger partial charge in [0.2, 0.25) is 5.88 Å². The van der Waals surface area contributed by atoms with Crippen molar-refractivity contribution in [1.29, 1.82) is 5.26 Å². The molecule has 0 aliphatic carbocycles. The van der Waals surface area contributed by atoms with Gasteiger partial charge in [-0.25, -0.2) is 0 Å². The minimum absolute atomic E-state index is 0.0179. The normalized spacial score (nSPS) is 16.7. The molecule has 27 heavy (non-hydrogen) atoms. The van der Waals surface area contributed by atoms with Gasteiger partial charge in [0.1, 0.15) is 11.6 Å². The summed E-state index contributed by atoms with van der Waals surface area (Å²) in [4.78, 5) is 12.8. The number of aromatic hydroxyl groups is 1. The fourth-order valence-electron chi connectivity index (χ4n) is 2.87. The first-order valence-electron chi connectivity index (χ1n) is 8.27. The molecule has 7 nitrogen and oxygen atoms in total. The molecule has 1 N–H and O–H groups in total. The highest BCUT2D eigenvalue weighted by molar-refractivity contribution is 6.42. The van der Waals surface area contributed by atoms with Gasteiger partial charge in [0.25, 0.3) is 5.56 Å². The van der Waals surface area contributed by atoms with Crippen LogP contribution in [0.2, 0.25) is 10.0 Å². The van der Waals surface area contributed by atoms with Gasteiger partial charge in [-0.2, -0.15) is 10.4 Å². The van der Waals surface area contributed by atoms with Gasteiger partial charge in [0.15, 0.2) is 5.69 Å². The van der Waals surface area contributed by atoms with Crippen molar-refractivity contribution in [2.24, 2.45) is 10.2 Å². The van der Waals surface area contributed by atoms with Crippen LogP contribution >= 0.6 is 23.2 Å². The van der Waals surface area contributed by atoms with Gasteiger partial charge in [0, 0.05) is 12.2 Å². The molecule has 1 unspecified atom stereocenters. The summed E-state index contributed by atoms with van der Waals surface area (Å²) in [6.45, 7) is 2.30. The highest BCUT2D eigenvalue weighted by Crippen LogP contribution is 2.30. The number of hydrogen-bond acceptors (Lipinski definition) is 6. The van der Waals surface area contributed by atoms with Crippen LogP contribution in [0.25, 0.3) is 0 Å². The molecule has 0 saturated carbocycles. The molecule has 0 bridgehead atoms. The van der Waals surface area contributed by atoms with Gasteiger partial charge >= 0.3 is 0 Å². The van der Waals surface area contributed by atoms with E-state index in [1.54, 1.807) is 19.1 Å². The third-order valence-corrected chi connectivity index (χ3v) is 5.09. The molecule has 140 valence electrons. The fourth-order valence-corrected chi connectivity index (χ4v) is 3.17. The number of benzene rings is 1. The number of azo groups is 1. The SMILES string of the molecule is Cc1c(C#N)c(O)n(CC2CCCO2)c(=O)c1N=Nc1ccc(Cl)c(Cl)c1. The van der Waals surface area contributed by atoms with Gasteiger partial charge < -0.3 is 9.84 Å². The minimum atomic E-state index is -0.539. The quantitative estimate of drug-likeness (QED) is 0.747. The Morgan fingerprint density at radius 1 is 1.37 bits per heavy atom. The first-order chi connectivity index (χ1) is 12.9. The summed E-state index contributed by atoms with van der Waals surface area (Å²) < 4.78 is 6.65. The van der Waals surface area contributed by atoms with Gasteiger partial charge in [-0.15, -0.1) is 5.11 Å².